The molecule has 0 spiro atoms. The quantitative estimate of drug-likeness (QED) is 0.680. The van der Waals surface area contributed by atoms with Gasteiger partial charge in [-0.15, -0.1) is 0 Å². The second kappa shape index (κ2) is 7.91. The number of aryl methyl sites for hydroxylation is 2. The van der Waals surface area contributed by atoms with E-state index in [0.717, 1.165) is 54.8 Å². The number of anilines is 1. The van der Waals surface area contributed by atoms with Gasteiger partial charge in [0, 0.05) is 62.7 Å². The Labute approximate surface area is 171 Å². The lowest BCUT2D eigenvalue weighted by Crippen LogP contribution is -2.46. The van der Waals surface area contributed by atoms with Crippen LogP contribution in [0.1, 0.15) is 42.5 Å². The predicted molar refractivity (Wildman–Crippen MR) is 115 cm³/mol. The zero-order valence-corrected chi connectivity index (χ0v) is 17.6. The van der Waals surface area contributed by atoms with Gasteiger partial charge in [-0.05, 0) is 25.5 Å². The maximum atomic E-state index is 12.4. The van der Waals surface area contributed by atoms with Crippen molar-refractivity contribution in [2.75, 3.05) is 31.1 Å². The lowest BCUT2D eigenvalue weighted by Gasteiger charge is -2.35. The van der Waals surface area contributed by atoms with E-state index in [1.807, 2.05) is 32.2 Å². The van der Waals surface area contributed by atoms with Crippen molar-refractivity contribution >= 4 is 11.5 Å². The van der Waals surface area contributed by atoms with Crippen LogP contribution in [0.5, 0.6) is 0 Å². The van der Waals surface area contributed by atoms with Crippen molar-refractivity contribution in [2.24, 2.45) is 0 Å². The molecule has 7 nitrogen and oxygen atoms in total. The third-order valence-corrected chi connectivity index (χ3v) is 5.32. The normalized spacial score (nSPS) is 15.4. The molecule has 4 rings (SSSR count). The molecule has 1 saturated heterocycles. The Hall–Kier alpha value is -2.80. The summed E-state index contributed by atoms with van der Waals surface area (Å²) >= 11 is 0. The Morgan fingerprint density at radius 1 is 1.00 bits per heavy atom. The molecule has 0 N–H and O–H groups in total. The first-order chi connectivity index (χ1) is 13.9. The van der Waals surface area contributed by atoms with Crippen LogP contribution in [0.4, 0.5) is 5.82 Å². The van der Waals surface area contributed by atoms with E-state index in [1.54, 1.807) is 10.5 Å². The number of aromatic nitrogens is 4. The second-order valence-corrected chi connectivity index (χ2v) is 8.16. The van der Waals surface area contributed by atoms with Gasteiger partial charge in [-0.2, -0.15) is 0 Å². The number of pyridine rings is 1. The fourth-order valence-corrected chi connectivity index (χ4v) is 3.70. The number of nitrogens with zero attached hydrogens (tertiary/aromatic N) is 6. The summed E-state index contributed by atoms with van der Waals surface area (Å²) in [5, 5.41) is 0. The van der Waals surface area contributed by atoms with Gasteiger partial charge in [0.2, 0.25) is 0 Å². The van der Waals surface area contributed by atoms with Gasteiger partial charge in [0.15, 0.2) is 0 Å². The standard InChI is InChI=1S/C22H28N6O/c1-15(2)22-23-17(4)11-20(25-22)27-9-7-26(8-10-27)14-18-12-21(29)28-13-16(3)5-6-19(28)24-18/h5-6,11-13,15H,7-10,14H2,1-4H3. The Kier molecular flexibility index (Phi) is 5.32. The summed E-state index contributed by atoms with van der Waals surface area (Å²) < 4.78 is 1.61. The van der Waals surface area contributed by atoms with Crippen LogP contribution in [0.15, 0.2) is 35.3 Å². The van der Waals surface area contributed by atoms with E-state index < -0.39 is 0 Å². The van der Waals surface area contributed by atoms with E-state index >= 15 is 0 Å². The third kappa shape index (κ3) is 4.29. The maximum Gasteiger partial charge on any atom is 0.258 e. The van der Waals surface area contributed by atoms with Crippen LogP contribution in [-0.2, 0) is 6.54 Å². The van der Waals surface area contributed by atoms with Crippen molar-refractivity contribution in [3.63, 3.8) is 0 Å². The number of rotatable bonds is 4. The smallest absolute Gasteiger partial charge is 0.258 e. The molecule has 29 heavy (non-hydrogen) atoms. The molecule has 3 aromatic heterocycles. The van der Waals surface area contributed by atoms with Crippen molar-refractivity contribution in [3.8, 4) is 0 Å². The molecule has 0 aliphatic carbocycles. The van der Waals surface area contributed by atoms with E-state index in [1.165, 1.54) is 0 Å². The fraction of sp³-hybridized carbons (Fsp3) is 0.455. The maximum absolute atomic E-state index is 12.4. The van der Waals surface area contributed by atoms with Crippen LogP contribution >= 0.6 is 0 Å². The van der Waals surface area contributed by atoms with E-state index in [4.69, 9.17) is 4.98 Å². The first-order valence-electron chi connectivity index (χ1n) is 10.2. The molecule has 0 atom stereocenters. The van der Waals surface area contributed by atoms with Gasteiger partial charge in [-0.3, -0.25) is 14.1 Å². The molecule has 0 bridgehead atoms. The van der Waals surface area contributed by atoms with Gasteiger partial charge in [0.1, 0.15) is 17.3 Å². The van der Waals surface area contributed by atoms with Crippen LogP contribution < -0.4 is 10.5 Å². The zero-order chi connectivity index (χ0) is 20.5. The molecule has 1 fully saturated rings. The highest BCUT2D eigenvalue weighted by Crippen LogP contribution is 2.19. The predicted octanol–water partition coefficient (Wildman–Crippen LogP) is 2.55. The van der Waals surface area contributed by atoms with Gasteiger partial charge in [-0.25, -0.2) is 15.0 Å². The highest BCUT2D eigenvalue weighted by Gasteiger charge is 2.20. The van der Waals surface area contributed by atoms with Gasteiger partial charge >= 0.3 is 0 Å². The SMILES string of the molecule is Cc1ccc2nc(CN3CCN(c4cc(C)nc(C(C)C)n4)CC3)cc(=O)n2c1. The number of hydrogen-bond acceptors (Lipinski definition) is 6. The molecule has 1 aliphatic heterocycles. The van der Waals surface area contributed by atoms with E-state index in [-0.39, 0.29) is 5.56 Å². The minimum atomic E-state index is -0.0231. The average Bonchev–Trinajstić information content (AvgIpc) is 2.69. The lowest BCUT2D eigenvalue weighted by atomic mass is 10.2. The summed E-state index contributed by atoms with van der Waals surface area (Å²) in [5.41, 5.74) is 3.56. The molecule has 0 unspecified atom stereocenters. The van der Waals surface area contributed by atoms with Crippen LogP contribution in [0, 0.1) is 13.8 Å². The van der Waals surface area contributed by atoms with Gasteiger partial charge in [-0.1, -0.05) is 19.9 Å². The van der Waals surface area contributed by atoms with Gasteiger partial charge in [0.25, 0.3) is 5.56 Å². The second-order valence-electron chi connectivity index (χ2n) is 8.16. The van der Waals surface area contributed by atoms with Crippen LogP contribution in [0.25, 0.3) is 5.65 Å². The minimum Gasteiger partial charge on any atom is -0.354 e. The van der Waals surface area contributed by atoms with Crippen LogP contribution in [0.3, 0.4) is 0 Å². The first-order valence-corrected chi connectivity index (χ1v) is 10.2. The van der Waals surface area contributed by atoms with Gasteiger partial charge in [0.05, 0.1) is 5.69 Å². The van der Waals surface area contributed by atoms with Crippen molar-refractivity contribution in [1.29, 1.82) is 0 Å². The summed E-state index contributed by atoms with van der Waals surface area (Å²) in [7, 11) is 0. The topological polar surface area (TPSA) is 66.6 Å². The molecule has 7 heteroatoms. The molecule has 0 radical (unpaired) electrons. The van der Waals surface area contributed by atoms with E-state index in [0.29, 0.717) is 18.1 Å². The number of fused-ring (bicyclic) bond motifs is 1. The molecule has 4 heterocycles. The number of piperazine rings is 1. The van der Waals surface area contributed by atoms with Gasteiger partial charge < -0.3 is 4.90 Å². The molecular weight excluding hydrogens is 364 g/mol. The summed E-state index contributed by atoms with van der Waals surface area (Å²) in [6.45, 7) is 12.6. The first kappa shape index (κ1) is 19.5. The molecular formula is C22H28N6O. The fourth-order valence-electron chi connectivity index (χ4n) is 3.70. The van der Waals surface area contributed by atoms with Crippen molar-refractivity contribution < 1.29 is 0 Å². The van der Waals surface area contributed by atoms with E-state index in [9.17, 15) is 4.79 Å². The molecule has 0 amide bonds. The molecule has 152 valence electrons. The highest BCUT2D eigenvalue weighted by atomic mass is 16.1. The summed E-state index contributed by atoms with van der Waals surface area (Å²) in [6.07, 6.45) is 1.84. The average molecular weight is 393 g/mol. The third-order valence-electron chi connectivity index (χ3n) is 5.32. The molecule has 1 aliphatic rings. The number of hydrogen-bond donors (Lipinski definition) is 0. The van der Waals surface area contributed by atoms with Crippen molar-refractivity contribution in [1.82, 2.24) is 24.3 Å². The largest absolute Gasteiger partial charge is 0.354 e. The van der Waals surface area contributed by atoms with Crippen LogP contribution in [0.2, 0.25) is 0 Å². The zero-order valence-electron chi connectivity index (χ0n) is 17.6. The highest BCUT2D eigenvalue weighted by molar-refractivity contribution is 5.41. The minimum absolute atomic E-state index is 0.0231. The molecule has 0 saturated carbocycles. The van der Waals surface area contributed by atoms with Crippen LogP contribution in [-0.4, -0.2) is 50.4 Å². The Morgan fingerprint density at radius 2 is 1.76 bits per heavy atom. The summed E-state index contributed by atoms with van der Waals surface area (Å²) in [6, 6.07) is 7.61. The Morgan fingerprint density at radius 3 is 2.48 bits per heavy atom. The van der Waals surface area contributed by atoms with Crippen molar-refractivity contribution in [2.45, 2.75) is 40.2 Å². The molecule has 3 aromatic rings. The molecule has 0 aromatic carbocycles. The van der Waals surface area contributed by atoms with E-state index in [2.05, 4.69) is 39.7 Å². The summed E-state index contributed by atoms with van der Waals surface area (Å²) in [5.74, 6) is 2.23. The Bertz CT molecular complexity index is 1080. The summed E-state index contributed by atoms with van der Waals surface area (Å²) in [4.78, 5) is 31.1. The monoisotopic (exact) mass is 392 g/mol. The Balaban J connectivity index is 1.45. The van der Waals surface area contributed by atoms with Crippen molar-refractivity contribution in [3.05, 3.63) is 63.6 Å². The lowest BCUT2D eigenvalue weighted by molar-refractivity contribution is 0.246.